The number of hydrogen-bond donors (Lipinski definition) is 3. The molecule has 2 aliphatic heterocycles. The molecule has 0 aromatic carbocycles. The zero-order valence-electron chi connectivity index (χ0n) is 13.3. The second-order valence-corrected chi connectivity index (χ2v) is 8.20. The largest absolute Gasteiger partial charge is 0.354 e. The first-order valence-electron chi connectivity index (χ1n) is 8.12. The molecule has 0 saturated carbocycles. The fourth-order valence-corrected chi connectivity index (χ4v) is 3.65. The third-order valence-corrected chi connectivity index (χ3v) is 5.07. The zero-order chi connectivity index (χ0) is 16.0. The van der Waals surface area contributed by atoms with Crippen molar-refractivity contribution in [1.29, 1.82) is 0 Å². The maximum atomic E-state index is 12.0. The summed E-state index contributed by atoms with van der Waals surface area (Å²) in [4.78, 5) is 14.3. The van der Waals surface area contributed by atoms with Gasteiger partial charge in [-0.05, 0) is 44.7 Å². The third-order valence-electron chi connectivity index (χ3n) is 4.34. The molecule has 0 aromatic heterocycles. The molecule has 2 saturated heterocycles. The Bertz CT molecular complexity index is 463. The van der Waals surface area contributed by atoms with Crippen LogP contribution in [-0.2, 0) is 14.8 Å². The van der Waals surface area contributed by atoms with Gasteiger partial charge in [-0.3, -0.25) is 4.79 Å². The highest BCUT2D eigenvalue weighted by Gasteiger charge is 2.24. The average Bonchev–Trinajstić information content (AvgIpc) is 2.98. The maximum Gasteiger partial charge on any atom is 0.237 e. The van der Waals surface area contributed by atoms with Crippen LogP contribution in [0, 0.1) is 5.92 Å². The van der Waals surface area contributed by atoms with Crippen LogP contribution >= 0.6 is 0 Å². The van der Waals surface area contributed by atoms with Crippen LogP contribution in [0.2, 0.25) is 0 Å². The highest BCUT2D eigenvalue weighted by atomic mass is 32.2. The van der Waals surface area contributed by atoms with Crippen molar-refractivity contribution in [2.24, 2.45) is 5.92 Å². The summed E-state index contributed by atoms with van der Waals surface area (Å²) in [5.41, 5.74) is 0. The smallest absolute Gasteiger partial charge is 0.237 e. The van der Waals surface area contributed by atoms with E-state index in [2.05, 4.69) is 20.3 Å². The number of rotatable bonds is 7. The lowest BCUT2D eigenvalue weighted by atomic mass is 9.98. The SMILES string of the molecule is CS(=O)(=O)NCCN1CCCC(CNC(=O)C2CCCN2)C1. The molecular weight excluding hydrogens is 304 g/mol. The Hall–Kier alpha value is -0.700. The number of amides is 1. The number of sulfonamides is 1. The van der Waals surface area contributed by atoms with Crippen molar-refractivity contribution < 1.29 is 13.2 Å². The van der Waals surface area contributed by atoms with Crippen LogP contribution in [-0.4, -0.2) is 70.8 Å². The van der Waals surface area contributed by atoms with Crippen LogP contribution in [0.25, 0.3) is 0 Å². The number of piperidine rings is 1. The van der Waals surface area contributed by atoms with E-state index in [0.29, 0.717) is 19.0 Å². The summed E-state index contributed by atoms with van der Waals surface area (Å²) in [5.74, 6) is 0.575. The Morgan fingerprint density at radius 2 is 2.14 bits per heavy atom. The number of hydrogen-bond acceptors (Lipinski definition) is 5. The van der Waals surface area contributed by atoms with Gasteiger partial charge < -0.3 is 15.5 Å². The van der Waals surface area contributed by atoms with Crippen molar-refractivity contribution in [3.05, 3.63) is 0 Å². The minimum atomic E-state index is -3.11. The number of nitrogens with one attached hydrogen (secondary N) is 3. The van der Waals surface area contributed by atoms with Gasteiger partial charge in [-0.2, -0.15) is 0 Å². The van der Waals surface area contributed by atoms with E-state index in [1.165, 1.54) is 6.26 Å². The van der Waals surface area contributed by atoms with Crippen LogP contribution in [0.3, 0.4) is 0 Å². The first-order chi connectivity index (χ1) is 10.4. The molecule has 2 atom stereocenters. The minimum absolute atomic E-state index is 0.0151. The summed E-state index contributed by atoms with van der Waals surface area (Å²) in [7, 11) is -3.11. The summed E-state index contributed by atoms with van der Waals surface area (Å²) < 4.78 is 24.6. The predicted octanol–water partition coefficient (Wildman–Crippen LogP) is -0.884. The quantitative estimate of drug-likeness (QED) is 0.563. The van der Waals surface area contributed by atoms with Gasteiger partial charge in [0.1, 0.15) is 0 Å². The van der Waals surface area contributed by atoms with Gasteiger partial charge in [-0.25, -0.2) is 13.1 Å². The van der Waals surface area contributed by atoms with E-state index in [0.717, 1.165) is 51.9 Å². The molecule has 2 fully saturated rings. The molecule has 0 aromatic rings. The highest BCUT2D eigenvalue weighted by molar-refractivity contribution is 7.88. The van der Waals surface area contributed by atoms with E-state index >= 15 is 0 Å². The Morgan fingerprint density at radius 3 is 2.82 bits per heavy atom. The molecule has 0 radical (unpaired) electrons. The lowest BCUT2D eigenvalue weighted by molar-refractivity contribution is -0.123. The van der Waals surface area contributed by atoms with Crippen molar-refractivity contribution in [2.75, 3.05) is 45.5 Å². The molecule has 8 heteroatoms. The topological polar surface area (TPSA) is 90.5 Å². The highest BCUT2D eigenvalue weighted by Crippen LogP contribution is 2.15. The summed E-state index contributed by atoms with van der Waals surface area (Å²) in [6, 6.07) is -0.0151. The third kappa shape index (κ3) is 6.20. The van der Waals surface area contributed by atoms with Crippen molar-refractivity contribution in [2.45, 2.75) is 31.7 Å². The van der Waals surface area contributed by atoms with E-state index in [-0.39, 0.29) is 11.9 Å². The fourth-order valence-electron chi connectivity index (χ4n) is 3.19. The number of likely N-dealkylation sites (tertiary alicyclic amines) is 1. The lowest BCUT2D eigenvalue weighted by Gasteiger charge is -2.33. The fraction of sp³-hybridized carbons (Fsp3) is 0.929. The zero-order valence-corrected chi connectivity index (χ0v) is 14.1. The van der Waals surface area contributed by atoms with E-state index in [4.69, 9.17) is 0 Å². The Labute approximate surface area is 133 Å². The van der Waals surface area contributed by atoms with Crippen LogP contribution in [0.1, 0.15) is 25.7 Å². The van der Waals surface area contributed by atoms with Gasteiger partial charge in [0.15, 0.2) is 0 Å². The van der Waals surface area contributed by atoms with Gasteiger partial charge in [0.05, 0.1) is 12.3 Å². The predicted molar refractivity (Wildman–Crippen MR) is 86.0 cm³/mol. The van der Waals surface area contributed by atoms with E-state index < -0.39 is 10.0 Å². The Kier molecular flexibility index (Phi) is 6.61. The second kappa shape index (κ2) is 8.24. The molecule has 3 N–H and O–H groups in total. The molecule has 2 aliphatic rings. The lowest BCUT2D eigenvalue weighted by Crippen LogP contribution is -2.46. The van der Waals surface area contributed by atoms with Crippen LogP contribution in [0.5, 0.6) is 0 Å². The molecule has 128 valence electrons. The summed E-state index contributed by atoms with van der Waals surface area (Å²) >= 11 is 0. The van der Waals surface area contributed by atoms with Crippen LogP contribution in [0.4, 0.5) is 0 Å². The summed E-state index contributed by atoms with van der Waals surface area (Å²) in [6.45, 7) is 4.74. The molecule has 2 rings (SSSR count). The van der Waals surface area contributed by atoms with Gasteiger partial charge in [0, 0.05) is 26.2 Å². The average molecular weight is 332 g/mol. The first-order valence-corrected chi connectivity index (χ1v) is 10.0. The molecule has 0 spiro atoms. The normalized spacial score (nSPS) is 27.0. The summed E-state index contributed by atoms with van der Waals surface area (Å²) in [5, 5.41) is 6.26. The minimum Gasteiger partial charge on any atom is -0.354 e. The van der Waals surface area contributed by atoms with Crippen LogP contribution in [0.15, 0.2) is 0 Å². The van der Waals surface area contributed by atoms with E-state index in [9.17, 15) is 13.2 Å². The molecule has 22 heavy (non-hydrogen) atoms. The maximum absolute atomic E-state index is 12.0. The monoisotopic (exact) mass is 332 g/mol. The first kappa shape index (κ1) is 17.7. The molecule has 0 aliphatic carbocycles. The number of carbonyl (C=O) groups excluding carboxylic acids is 1. The Balaban J connectivity index is 1.65. The summed E-state index contributed by atoms with van der Waals surface area (Å²) in [6.07, 6.45) is 5.40. The van der Waals surface area contributed by atoms with Gasteiger partial charge in [-0.1, -0.05) is 0 Å². The van der Waals surface area contributed by atoms with Gasteiger partial charge in [0.2, 0.25) is 15.9 Å². The number of nitrogens with zero attached hydrogens (tertiary/aromatic N) is 1. The molecule has 2 heterocycles. The van der Waals surface area contributed by atoms with Crippen molar-refractivity contribution in [3.63, 3.8) is 0 Å². The van der Waals surface area contributed by atoms with Crippen molar-refractivity contribution >= 4 is 15.9 Å². The standard InChI is InChI=1S/C14H28N4O3S/c1-22(20,21)17-7-9-18-8-3-4-12(11-18)10-16-14(19)13-5-2-6-15-13/h12-13,15,17H,2-11H2,1H3,(H,16,19). The molecule has 1 amide bonds. The van der Waals surface area contributed by atoms with Crippen LogP contribution < -0.4 is 15.4 Å². The van der Waals surface area contributed by atoms with Gasteiger partial charge in [0.25, 0.3) is 0 Å². The van der Waals surface area contributed by atoms with Crippen molar-refractivity contribution in [1.82, 2.24) is 20.3 Å². The molecule has 2 unspecified atom stereocenters. The van der Waals surface area contributed by atoms with Gasteiger partial charge in [-0.15, -0.1) is 0 Å². The number of carbonyl (C=O) groups is 1. The molecule has 0 bridgehead atoms. The van der Waals surface area contributed by atoms with Crippen molar-refractivity contribution in [3.8, 4) is 0 Å². The Morgan fingerprint density at radius 1 is 1.32 bits per heavy atom. The van der Waals surface area contributed by atoms with E-state index in [1.54, 1.807) is 0 Å². The second-order valence-electron chi connectivity index (χ2n) is 6.37. The molecular formula is C14H28N4O3S. The van der Waals surface area contributed by atoms with Gasteiger partial charge >= 0.3 is 0 Å². The van der Waals surface area contributed by atoms with E-state index in [1.807, 2.05) is 0 Å². The molecule has 7 nitrogen and oxygen atoms in total.